The number of rotatable bonds is 4. The van der Waals surface area contributed by atoms with Crippen LogP contribution in [-0.4, -0.2) is 11.3 Å². The van der Waals surface area contributed by atoms with Gasteiger partial charge in [-0.1, -0.05) is 33.8 Å². The Labute approximate surface area is 195 Å². The van der Waals surface area contributed by atoms with Crippen molar-refractivity contribution in [3.63, 3.8) is 0 Å². The maximum absolute atomic E-state index is 16.7. The Hall–Kier alpha value is -2.70. The van der Waals surface area contributed by atoms with Crippen molar-refractivity contribution in [2.75, 3.05) is 4.90 Å². The molecule has 180 valence electrons. The number of pyridine rings is 1. The summed E-state index contributed by atoms with van der Waals surface area (Å²) in [5.41, 5.74) is -0.719. The van der Waals surface area contributed by atoms with E-state index >= 15 is 13.2 Å². The van der Waals surface area contributed by atoms with Crippen molar-refractivity contribution >= 4 is 27.5 Å². The minimum absolute atomic E-state index is 0.0253. The molecule has 0 saturated carbocycles. The van der Waals surface area contributed by atoms with Gasteiger partial charge in [-0.25, -0.2) is 18.1 Å². The average Bonchev–Trinajstić information content (AvgIpc) is 2.96. The third-order valence-electron chi connectivity index (χ3n) is 8.31. The van der Waals surface area contributed by atoms with E-state index in [0.29, 0.717) is 41.2 Å². The highest BCUT2D eigenvalue weighted by Gasteiger charge is 2.72. The quantitative estimate of drug-likeness (QED) is 0.125. The molecular weight excluding hydrogens is 447 g/mol. The zero-order chi connectivity index (χ0) is 25.0. The predicted octanol–water partition coefficient (Wildman–Crippen LogP) is 7.47. The van der Waals surface area contributed by atoms with Gasteiger partial charge in [0.15, 0.2) is 11.6 Å². The molecule has 3 heterocycles. The van der Waals surface area contributed by atoms with Gasteiger partial charge in [-0.2, -0.15) is 13.3 Å². The van der Waals surface area contributed by atoms with E-state index in [1.165, 1.54) is 24.0 Å². The monoisotopic (exact) mass is 475 g/mol. The van der Waals surface area contributed by atoms with Crippen LogP contribution in [0.1, 0.15) is 65.7 Å². The predicted molar refractivity (Wildman–Crippen MR) is 124 cm³/mol. The largest absolute Gasteiger partial charge is 0.314 e. The molecule has 2 aliphatic heterocycles. The molecule has 0 spiro atoms. The van der Waals surface area contributed by atoms with Gasteiger partial charge in [0.2, 0.25) is 0 Å². The molecule has 0 radical (unpaired) electrons. The van der Waals surface area contributed by atoms with Gasteiger partial charge in [-0.3, -0.25) is 0 Å². The van der Waals surface area contributed by atoms with Gasteiger partial charge >= 0.3 is 12.1 Å². The van der Waals surface area contributed by atoms with E-state index < -0.39 is 40.5 Å². The molecule has 0 amide bonds. The molecule has 34 heavy (non-hydrogen) atoms. The van der Waals surface area contributed by atoms with Gasteiger partial charge in [0, 0.05) is 29.2 Å². The second-order valence-corrected chi connectivity index (χ2v) is 10.1. The summed E-state index contributed by atoms with van der Waals surface area (Å²) in [5, 5.41) is 0.904. The summed E-state index contributed by atoms with van der Waals surface area (Å²) >= 11 is 0. The third kappa shape index (κ3) is 2.38. The topological polar surface area (TPSA) is 7.12 Å². The minimum Gasteiger partial charge on any atom is -0.211 e. The Morgan fingerprint density at radius 3 is 2.29 bits per heavy atom. The van der Waals surface area contributed by atoms with E-state index in [2.05, 4.69) is 6.58 Å². The first-order valence-corrected chi connectivity index (χ1v) is 11.7. The van der Waals surface area contributed by atoms with Crippen LogP contribution in [0.2, 0.25) is 0 Å². The number of anilines is 1. The summed E-state index contributed by atoms with van der Waals surface area (Å²) in [6.45, 7) is 13.0. The fraction of sp³-hybridized carbons (Fsp3) is 0.444. The van der Waals surface area contributed by atoms with Crippen LogP contribution in [0.25, 0.3) is 21.7 Å². The summed E-state index contributed by atoms with van der Waals surface area (Å²) in [6.07, 6.45) is -0.544. The Balaban J connectivity index is 2.14. The second-order valence-electron chi connectivity index (χ2n) is 10.1. The fourth-order valence-corrected chi connectivity index (χ4v) is 7.06. The lowest BCUT2D eigenvalue weighted by atomic mass is 9.56. The molecule has 7 heteroatoms. The number of hydrogen-bond acceptors (Lipinski definition) is 1. The zero-order valence-corrected chi connectivity index (χ0v) is 20.0. The Morgan fingerprint density at radius 2 is 1.71 bits per heavy atom. The fourth-order valence-electron chi connectivity index (χ4n) is 7.06. The number of halogens is 5. The molecule has 4 atom stereocenters. The average molecular weight is 476 g/mol. The molecule has 3 aromatic rings. The first kappa shape index (κ1) is 23.1. The van der Waals surface area contributed by atoms with Crippen molar-refractivity contribution < 1.29 is 26.5 Å². The Morgan fingerprint density at radius 1 is 1.06 bits per heavy atom. The summed E-state index contributed by atoms with van der Waals surface area (Å²) in [6, 6.07) is 4.48. The summed E-state index contributed by atoms with van der Waals surface area (Å²) in [4.78, 5) is 1.45. The second kappa shape index (κ2) is 6.92. The minimum atomic E-state index is -2.52. The molecule has 1 aromatic heterocycles. The van der Waals surface area contributed by atoms with Crippen molar-refractivity contribution in [3.05, 3.63) is 59.4 Å². The van der Waals surface area contributed by atoms with Crippen LogP contribution in [0, 0.1) is 17.5 Å². The number of fused-ring (bicyclic) bond motifs is 3. The zero-order valence-electron chi connectivity index (χ0n) is 20.0. The van der Waals surface area contributed by atoms with Crippen molar-refractivity contribution in [2.24, 2.45) is 0 Å². The highest BCUT2D eigenvalue weighted by Crippen LogP contribution is 2.62. The van der Waals surface area contributed by atoms with Gasteiger partial charge < -0.3 is 0 Å². The van der Waals surface area contributed by atoms with E-state index in [-0.39, 0.29) is 16.7 Å². The van der Waals surface area contributed by atoms with Crippen LogP contribution < -0.4 is 9.47 Å². The molecule has 2 aliphatic rings. The molecule has 2 nitrogen and oxygen atoms in total. The standard InChI is InChI=1S/C27H28F5N2/c1-7-9-25(5)18-11-15(28)10-17-16-12-19(29)20(30)13-21(16)33-23(22(17)18)34(26(6,32)24(33)31)27(25,8-2)14(3)4/h10-13,24H,3,7-9H2,1-2,4-6H3/q+1. The van der Waals surface area contributed by atoms with Gasteiger partial charge in [0.25, 0.3) is 5.82 Å². The van der Waals surface area contributed by atoms with E-state index in [0.717, 1.165) is 16.7 Å². The third-order valence-corrected chi connectivity index (χ3v) is 8.31. The van der Waals surface area contributed by atoms with Crippen LogP contribution >= 0.6 is 0 Å². The lowest BCUT2D eigenvalue weighted by Gasteiger charge is -2.55. The van der Waals surface area contributed by atoms with Gasteiger partial charge in [-0.15, -0.1) is 0 Å². The maximum atomic E-state index is 16.7. The van der Waals surface area contributed by atoms with Crippen LogP contribution in [-0.2, 0) is 5.41 Å². The van der Waals surface area contributed by atoms with E-state index in [1.807, 2.05) is 20.8 Å². The summed E-state index contributed by atoms with van der Waals surface area (Å²) in [5.74, 6) is -5.17. The number of hydrogen-bond donors (Lipinski definition) is 0. The molecule has 0 N–H and O–H groups in total. The molecule has 0 fully saturated rings. The Kier molecular flexibility index (Phi) is 4.70. The van der Waals surface area contributed by atoms with Gasteiger partial charge in [-0.05, 0) is 49.1 Å². The van der Waals surface area contributed by atoms with Crippen molar-refractivity contribution in [1.29, 1.82) is 0 Å². The van der Waals surface area contributed by atoms with Crippen molar-refractivity contribution in [1.82, 2.24) is 0 Å². The highest BCUT2D eigenvalue weighted by atomic mass is 19.2. The lowest BCUT2D eigenvalue weighted by molar-refractivity contribution is -0.709. The van der Waals surface area contributed by atoms with Crippen LogP contribution in [0.5, 0.6) is 0 Å². The molecule has 4 unspecified atom stereocenters. The molecular formula is C27H28F5N2+. The summed E-state index contributed by atoms with van der Waals surface area (Å²) < 4.78 is 77.8. The smallest absolute Gasteiger partial charge is 0.211 e. The van der Waals surface area contributed by atoms with E-state index in [9.17, 15) is 8.78 Å². The number of nitrogens with zero attached hydrogens (tertiary/aromatic N) is 2. The molecule has 0 saturated heterocycles. The first-order valence-electron chi connectivity index (χ1n) is 11.7. The van der Waals surface area contributed by atoms with Crippen LogP contribution in [0.3, 0.4) is 0 Å². The molecule has 2 aromatic carbocycles. The number of aromatic nitrogens is 1. The van der Waals surface area contributed by atoms with Crippen molar-refractivity contribution in [3.8, 4) is 0 Å². The van der Waals surface area contributed by atoms with Crippen molar-refractivity contribution in [2.45, 2.75) is 76.9 Å². The molecule has 0 bridgehead atoms. The molecule has 5 rings (SSSR count). The van der Waals surface area contributed by atoms with E-state index in [4.69, 9.17) is 0 Å². The number of benzene rings is 2. The lowest BCUT2D eigenvalue weighted by Crippen LogP contribution is -2.68. The molecule has 0 aliphatic carbocycles. The van der Waals surface area contributed by atoms with Gasteiger partial charge in [0.05, 0.1) is 5.39 Å². The highest BCUT2D eigenvalue weighted by molar-refractivity contribution is 6.11. The summed E-state index contributed by atoms with van der Waals surface area (Å²) in [7, 11) is 0. The van der Waals surface area contributed by atoms with Crippen LogP contribution in [0.4, 0.5) is 27.8 Å². The normalized spacial score (nSPS) is 29.9. The van der Waals surface area contributed by atoms with Gasteiger partial charge in [0.1, 0.15) is 16.9 Å². The van der Waals surface area contributed by atoms with E-state index in [1.54, 1.807) is 6.92 Å². The maximum Gasteiger partial charge on any atom is 0.314 e. The van der Waals surface area contributed by atoms with Crippen LogP contribution in [0.15, 0.2) is 36.4 Å². The Bertz CT molecular complexity index is 1400. The first-order chi connectivity index (χ1) is 15.9. The SMILES string of the molecule is C=C(C)C1(CC)N2c3c4c(cc(F)cc4c4cc(F)c(F)cc4[n+]3C(F)C2(C)F)C1(C)CCC. The number of alkyl halides is 2.